The van der Waals surface area contributed by atoms with Crippen LogP contribution in [0.25, 0.3) is 0 Å². The van der Waals surface area contributed by atoms with Crippen LogP contribution in [0.2, 0.25) is 5.15 Å². The molecule has 1 saturated carbocycles. The smallest absolute Gasteiger partial charge is 0.237 e. The summed E-state index contributed by atoms with van der Waals surface area (Å²) in [6.45, 7) is 5.10. The molecule has 1 saturated heterocycles. The summed E-state index contributed by atoms with van der Waals surface area (Å²) in [5.41, 5.74) is 0.460. The first kappa shape index (κ1) is 17.5. The first-order valence-corrected chi connectivity index (χ1v) is 9.60. The third-order valence-electron chi connectivity index (χ3n) is 4.97. The monoisotopic (exact) mass is 367 g/mol. The molecule has 24 heavy (non-hydrogen) atoms. The first-order chi connectivity index (χ1) is 11.6. The Labute approximate surface area is 151 Å². The van der Waals surface area contributed by atoms with E-state index in [-0.39, 0.29) is 17.1 Å². The summed E-state index contributed by atoms with van der Waals surface area (Å²) in [4.78, 5) is 16.8. The van der Waals surface area contributed by atoms with Gasteiger partial charge in [-0.3, -0.25) is 9.69 Å². The van der Waals surface area contributed by atoms with E-state index < -0.39 is 0 Å². The number of anilines is 1. The second-order valence-corrected chi connectivity index (χ2v) is 7.56. The zero-order valence-corrected chi connectivity index (χ0v) is 15.4. The third-order valence-corrected chi connectivity index (χ3v) is 6.26. The van der Waals surface area contributed by atoms with Crippen molar-refractivity contribution in [3.8, 4) is 6.07 Å². The fourth-order valence-corrected chi connectivity index (χ4v) is 4.52. The Bertz CT molecular complexity index is 629. The van der Waals surface area contributed by atoms with Crippen LogP contribution in [0, 0.1) is 11.3 Å². The summed E-state index contributed by atoms with van der Waals surface area (Å²) in [6, 6.07) is 2.37. The number of hydrogen-bond donors (Lipinski definition) is 1. The Balaban J connectivity index is 1.54. The molecule has 3 rings (SSSR count). The summed E-state index contributed by atoms with van der Waals surface area (Å²) >= 11 is 7.22. The molecule has 1 aliphatic heterocycles. The Morgan fingerprint density at radius 1 is 1.38 bits per heavy atom. The van der Waals surface area contributed by atoms with Crippen LogP contribution in [0.5, 0.6) is 0 Å². The largest absolute Gasteiger partial charge is 0.358 e. The minimum Gasteiger partial charge on any atom is -0.358 e. The van der Waals surface area contributed by atoms with Gasteiger partial charge in [-0.05, 0) is 31.3 Å². The summed E-state index contributed by atoms with van der Waals surface area (Å²) in [5.74, 6) is 0.133. The minimum atomic E-state index is -0.117. The number of aromatic nitrogens is 1. The van der Waals surface area contributed by atoms with Crippen LogP contribution in [-0.2, 0) is 4.79 Å². The average molecular weight is 368 g/mol. The minimum absolute atomic E-state index is 0.117. The van der Waals surface area contributed by atoms with E-state index in [1.165, 1.54) is 24.4 Å². The molecule has 2 fully saturated rings. The van der Waals surface area contributed by atoms with Gasteiger partial charge in [-0.25, -0.2) is 0 Å². The number of nitriles is 1. The Hall–Kier alpha value is -1.36. The topological polar surface area (TPSA) is 72.3 Å². The number of carbonyl (C=O) groups excluding carboxylic acids is 1. The van der Waals surface area contributed by atoms with E-state index >= 15 is 0 Å². The predicted molar refractivity (Wildman–Crippen MR) is 95.5 cm³/mol. The van der Waals surface area contributed by atoms with E-state index in [0.717, 1.165) is 44.0 Å². The number of hydrogen-bond acceptors (Lipinski definition) is 6. The lowest BCUT2D eigenvalue weighted by molar-refractivity contribution is -0.126. The number of nitrogens with zero attached hydrogens (tertiary/aromatic N) is 4. The molecule has 2 aliphatic rings. The molecule has 6 nitrogen and oxygen atoms in total. The Kier molecular flexibility index (Phi) is 5.59. The summed E-state index contributed by atoms with van der Waals surface area (Å²) < 4.78 is 4.07. The molecule has 2 heterocycles. The molecule has 1 atom stereocenters. The number of rotatable bonds is 4. The van der Waals surface area contributed by atoms with Crippen molar-refractivity contribution in [3.05, 3.63) is 10.7 Å². The Morgan fingerprint density at radius 2 is 2.04 bits per heavy atom. The van der Waals surface area contributed by atoms with Crippen LogP contribution >= 0.6 is 23.1 Å². The van der Waals surface area contributed by atoms with Crippen molar-refractivity contribution in [2.24, 2.45) is 0 Å². The van der Waals surface area contributed by atoms with E-state index in [2.05, 4.69) is 25.6 Å². The molecule has 1 N–H and O–H groups in total. The van der Waals surface area contributed by atoms with Gasteiger partial charge < -0.3 is 10.2 Å². The number of carbonyl (C=O) groups is 1. The van der Waals surface area contributed by atoms with Crippen molar-refractivity contribution >= 4 is 34.0 Å². The highest BCUT2D eigenvalue weighted by atomic mass is 35.5. The van der Waals surface area contributed by atoms with Crippen molar-refractivity contribution in [3.63, 3.8) is 0 Å². The molecule has 1 unspecified atom stereocenters. The van der Waals surface area contributed by atoms with E-state index in [1.54, 1.807) is 0 Å². The number of piperazine rings is 1. The number of amides is 1. The standard InChI is InChI=1S/C16H22ClN5OS/c1-11(15(23)19-12-4-2-3-5-12)21-6-8-22(9-7-21)16-13(10-18)14(17)20-24-16/h11-12H,2-9H2,1H3,(H,19,23). The van der Waals surface area contributed by atoms with Crippen LogP contribution in [0.15, 0.2) is 0 Å². The second-order valence-electron chi connectivity index (χ2n) is 6.45. The molecule has 1 aromatic rings. The third kappa shape index (κ3) is 3.66. The molecule has 1 amide bonds. The second kappa shape index (κ2) is 7.68. The zero-order valence-electron chi connectivity index (χ0n) is 13.8. The van der Waals surface area contributed by atoms with Gasteiger partial charge in [0.15, 0.2) is 5.15 Å². The van der Waals surface area contributed by atoms with Gasteiger partial charge in [0.05, 0.1) is 6.04 Å². The van der Waals surface area contributed by atoms with Gasteiger partial charge in [0, 0.05) is 32.2 Å². The van der Waals surface area contributed by atoms with Crippen LogP contribution in [0.3, 0.4) is 0 Å². The van der Waals surface area contributed by atoms with E-state index in [4.69, 9.17) is 11.6 Å². The van der Waals surface area contributed by atoms with Crippen molar-refractivity contribution < 1.29 is 4.79 Å². The molecule has 0 radical (unpaired) electrons. The van der Waals surface area contributed by atoms with E-state index in [0.29, 0.717) is 11.6 Å². The van der Waals surface area contributed by atoms with Crippen molar-refractivity contribution in [1.29, 1.82) is 5.26 Å². The highest BCUT2D eigenvalue weighted by Gasteiger charge is 2.29. The number of halogens is 1. The molecule has 1 aromatic heterocycles. The van der Waals surface area contributed by atoms with E-state index in [9.17, 15) is 10.1 Å². The van der Waals surface area contributed by atoms with Crippen LogP contribution < -0.4 is 10.2 Å². The molecule has 1 aliphatic carbocycles. The molecule has 0 bridgehead atoms. The molecule has 0 spiro atoms. The van der Waals surface area contributed by atoms with Gasteiger partial charge >= 0.3 is 0 Å². The predicted octanol–water partition coefficient (Wildman–Crippen LogP) is 2.24. The number of nitrogens with one attached hydrogen (secondary N) is 1. The summed E-state index contributed by atoms with van der Waals surface area (Å²) in [6.07, 6.45) is 4.65. The average Bonchev–Trinajstić information content (AvgIpc) is 3.23. The molecule has 0 aromatic carbocycles. The fourth-order valence-electron chi connectivity index (χ4n) is 3.44. The van der Waals surface area contributed by atoms with Gasteiger partial charge in [0.2, 0.25) is 5.91 Å². The van der Waals surface area contributed by atoms with Gasteiger partial charge in [-0.1, -0.05) is 24.4 Å². The van der Waals surface area contributed by atoms with Crippen molar-refractivity contribution in [2.45, 2.75) is 44.7 Å². The van der Waals surface area contributed by atoms with Gasteiger partial charge in [-0.15, -0.1) is 0 Å². The quantitative estimate of drug-likeness (QED) is 0.883. The van der Waals surface area contributed by atoms with Crippen molar-refractivity contribution in [2.75, 3.05) is 31.1 Å². The molecule has 8 heteroatoms. The van der Waals surface area contributed by atoms with Gasteiger partial charge in [0.25, 0.3) is 0 Å². The highest BCUT2D eigenvalue weighted by molar-refractivity contribution is 7.10. The molecular weight excluding hydrogens is 346 g/mol. The van der Waals surface area contributed by atoms with Crippen LogP contribution in [0.4, 0.5) is 5.00 Å². The Morgan fingerprint density at radius 3 is 2.67 bits per heavy atom. The highest BCUT2D eigenvalue weighted by Crippen LogP contribution is 2.31. The molecule has 130 valence electrons. The first-order valence-electron chi connectivity index (χ1n) is 8.44. The van der Waals surface area contributed by atoms with Crippen molar-refractivity contribution in [1.82, 2.24) is 14.6 Å². The van der Waals surface area contributed by atoms with Gasteiger partial charge in [-0.2, -0.15) is 9.64 Å². The zero-order chi connectivity index (χ0) is 17.1. The lowest BCUT2D eigenvalue weighted by Gasteiger charge is -2.38. The lowest BCUT2D eigenvalue weighted by atomic mass is 10.2. The maximum absolute atomic E-state index is 12.4. The maximum atomic E-state index is 12.4. The SMILES string of the molecule is CC(C(=O)NC1CCCC1)N1CCN(c2snc(Cl)c2C#N)CC1. The van der Waals surface area contributed by atoms with Crippen LogP contribution in [-0.4, -0.2) is 53.4 Å². The van der Waals surface area contributed by atoms with E-state index in [1.807, 2.05) is 6.92 Å². The summed E-state index contributed by atoms with van der Waals surface area (Å²) in [5, 5.41) is 13.5. The fraction of sp³-hybridized carbons (Fsp3) is 0.688. The van der Waals surface area contributed by atoms with Crippen LogP contribution in [0.1, 0.15) is 38.2 Å². The molecular formula is C16H22ClN5OS. The summed E-state index contributed by atoms with van der Waals surface area (Å²) in [7, 11) is 0. The van der Waals surface area contributed by atoms with Gasteiger partial charge in [0.1, 0.15) is 16.6 Å². The maximum Gasteiger partial charge on any atom is 0.237 e. The normalized spacial score (nSPS) is 20.8. The lowest BCUT2D eigenvalue weighted by Crippen LogP contribution is -2.54.